The molecule has 0 unspecified atom stereocenters. The van der Waals surface area contributed by atoms with Crippen molar-refractivity contribution in [1.82, 2.24) is 15.1 Å². The van der Waals surface area contributed by atoms with Crippen LogP contribution in [0.3, 0.4) is 0 Å². The number of aromatic nitrogens is 2. The summed E-state index contributed by atoms with van der Waals surface area (Å²) in [5, 5.41) is 7.97. The van der Waals surface area contributed by atoms with Gasteiger partial charge in [0.1, 0.15) is 6.61 Å². The van der Waals surface area contributed by atoms with Crippen LogP contribution in [0.2, 0.25) is 5.02 Å². The lowest BCUT2D eigenvalue weighted by molar-refractivity contribution is 0.281. The highest BCUT2D eigenvalue weighted by Gasteiger charge is 2.13. The van der Waals surface area contributed by atoms with Gasteiger partial charge in [0.15, 0.2) is 11.5 Å². The van der Waals surface area contributed by atoms with Gasteiger partial charge in [0.25, 0.3) is 0 Å². The van der Waals surface area contributed by atoms with Gasteiger partial charge in [-0.2, -0.15) is 5.10 Å². The van der Waals surface area contributed by atoms with Gasteiger partial charge < -0.3 is 14.8 Å². The van der Waals surface area contributed by atoms with Crippen molar-refractivity contribution in [3.05, 3.63) is 40.7 Å². The summed E-state index contributed by atoms with van der Waals surface area (Å²) in [5.41, 5.74) is 1.98. The van der Waals surface area contributed by atoms with Crippen molar-refractivity contribution in [3.8, 4) is 11.5 Å². The number of benzene rings is 1. The molecule has 0 radical (unpaired) electrons. The highest BCUT2D eigenvalue weighted by atomic mass is 35.5. The van der Waals surface area contributed by atoms with Crippen LogP contribution in [0.4, 0.5) is 0 Å². The fourth-order valence-electron chi connectivity index (χ4n) is 2.07. The van der Waals surface area contributed by atoms with E-state index in [0.29, 0.717) is 29.7 Å². The third-order valence-electron chi connectivity index (χ3n) is 3.08. The van der Waals surface area contributed by atoms with E-state index in [1.165, 1.54) is 0 Å². The van der Waals surface area contributed by atoms with Crippen molar-refractivity contribution >= 4 is 11.6 Å². The maximum Gasteiger partial charge on any atom is 0.166 e. The number of hydrogen-bond acceptors (Lipinski definition) is 4. The number of nitrogens with zero attached hydrogens (tertiary/aromatic N) is 2. The molecule has 0 aliphatic carbocycles. The first-order chi connectivity index (χ1) is 10.2. The number of halogens is 1. The monoisotopic (exact) mass is 309 g/mol. The van der Waals surface area contributed by atoms with Crippen molar-refractivity contribution in [2.75, 3.05) is 14.2 Å². The van der Waals surface area contributed by atoms with Crippen LogP contribution in [-0.2, 0) is 19.7 Å². The van der Waals surface area contributed by atoms with Crippen LogP contribution in [0.25, 0.3) is 0 Å². The lowest BCUT2D eigenvalue weighted by atomic mass is 10.2. The van der Waals surface area contributed by atoms with Gasteiger partial charge in [0.05, 0.1) is 13.3 Å². The molecule has 0 aliphatic heterocycles. The SMILES string of the molecule is CCn1cc(COc2c(CNC)cc(Cl)cc2OC)cn1. The lowest BCUT2D eigenvalue weighted by Gasteiger charge is -2.15. The molecule has 0 saturated heterocycles. The molecule has 0 fully saturated rings. The predicted molar refractivity (Wildman–Crippen MR) is 83.0 cm³/mol. The molecule has 0 atom stereocenters. The molecule has 0 amide bonds. The summed E-state index contributed by atoms with van der Waals surface area (Å²) >= 11 is 6.10. The second-order valence-corrected chi connectivity index (χ2v) is 5.06. The van der Waals surface area contributed by atoms with Gasteiger partial charge in [0.2, 0.25) is 0 Å². The molecule has 0 bridgehead atoms. The summed E-state index contributed by atoms with van der Waals surface area (Å²) in [6, 6.07) is 3.64. The number of nitrogens with one attached hydrogen (secondary N) is 1. The molecular formula is C15H20ClN3O2. The summed E-state index contributed by atoms with van der Waals surface area (Å²) < 4.78 is 13.2. The molecule has 5 nitrogen and oxygen atoms in total. The molecule has 1 aromatic carbocycles. The molecule has 0 aliphatic rings. The van der Waals surface area contributed by atoms with E-state index in [1.54, 1.807) is 13.2 Å². The van der Waals surface area contributed by atoms with Gasteiger partial charge in [-0.25, -0.2) is 0 Å². The van der Waals surface area contributed by atoms with Crippen LogP contribution in [0, 0.1) is 0 Å². The van der Waals surface area contributed by atoms with Crippen LogP contribution in [0.1, 0.15) is 18.1 Å². The van der Waals surface area contributed by atoms with Gasteiger partial charge in [-0.3, -0.25) is 4.68 Å². The Morgan fingerprint density at radius 2 is 2.19 bits per heavy atom. The number of rotatable bonds is 7. The second kappa shape index (κ2) is 7.33. The van der Waals surface area contributed by atoms with Gasteiger partial charge in [-0.05, 0) is 20.0 Å². The smallest absolute Gasteiger partial charge is 0.166 e. The van der Waals surface area contributed by atoms with Gasteiger partial charge in [0, 0.05) is 41.5 Å². The molecule has 2 aromatic rings. The normalized spacial score (nSPS) is 10.7. The Morgan fingerprint density at radius 3 is 2.81 bits per heavy atom. The molecular weight excluding hydrogens is 290 g/mol. The van der Waals surface area contributed by atoms with E-state index in [-0.39, 0.29) is 0 Å². The summed E-state index contributed by atoms with van der Waals surface area (Å²) in [5.74, 6) is 1.34. The highest BCUT2D eigenvalue weighted by Crippen LogP contribution is 2.35. The van der Waals surface area contributed by atoms with E-state index in [4.69, 9.17) is 21.1 Å². The Labute approximate surface area is 129 Å². The first-order valence-corrected chi connectivity index (χ1v) is 7.20. The lowest BCUT2D eigenvalue weighted by Crippen LogP contribution is -2.08. The van der Waals surface area contributed by atoms with Crippen molar-refractivity contribution in [2.45, 2.75) is 26.6 Å². The van der Waals surface area contributed by atoms with Crippen LogP contribution in [0.5, 0.6) is 11.5 Å². The molecule has 0 spiro atoms. The Kier molecular flexibility index (Phi) is 5.47. The maximum absolute atomic E-state index is 6.10. The second-order valence-electron chi connectivity index (χ2n) is 4.62. The zero-order chi connectivity index (χ0) is 15.2. The molecule has 1 aromatic heterocycles. The average Bonchev–Trinajstić information content (AvgIpc) is 2.94. The summed E-state index contributed by atoms with van der Waals surface area (Å²) in [6.07, 6.45) is 3.78. The summed E-state index contributed by atoms with van der Waals surface area (Å²) in [4.78, 5) is 0. The quantitative estimate of drug-likeness (QED) is 0.854. The minimum Gasteiger partial charge on any atom is -0.493 e. The fraction of sp³-hybridized carbons (Fsp3) is 0.400. The largest absolute Gasteiger partial charge is 0.493 e. The number of aryl methyl sites for hydroxylation is 1. The van der Waals surface area contributed by atoms with Crippen LogP contribution < -0.4 is 14.8 Å². The number of hydrogen-bond donors (Lipinski definition) is 1. The Balaban J connectivity index is 2.20. The minimum absolute atomic E-state index is 0.439. The van der Waals surface area contributed by atoms with Crippen LogP contribution in [0.15, 0.2) is 24.5 Å². The Bertz CT molecular complexity index is 599. The standard InChI is InChI=1S/C15H20ClN3O2/c1-4-19-9-11(7-18-19)10-21-15-12(8-17-2)5-13(16)6-14(15)20-3/h5-7,9,17H,4,8,10H2,1-3H3. The number of ether oxygens (including phenoxy) is 2. The molecule has 2 rings (SSSR count). The van der Waals surface area contributed by atoms with E-state index in [2.05, 4.69) is 10.4 Å². The average molecular weight is 310 g/mol. The zero-order valence-electron chi connectivity index (χ0n) is 12.5. The first-order valence-electron chi connectivity index (χ1n) is 6.83. The Morgan fingerprint density at radius 1 is 1.38 bits per heavy atom. The molecule has 0 saturated carbocycles. The number of methoxy groups -OCH3 is 1. The van der Waals surface area contributed by atoms with E-state index < -0.39 is 0 Å². The van der Waals surface area contributed by atoms with E-state index in [0.717, 1.165) is 17.7 Å². The minimum atomic E-state index is 0.439. The Hall–Kier alpha value is -1.72. The highest BCUT2D eigenvalue weighted by molar-refractivity contribution is 6.30. The van der Waals surface area contributed by atoms with Crippen molar-refractivity contribution in [3.63, 3.8) is 0 Å². The van der Waals surface area contributed by atoms with Gasteiger partial charge >= 0.3 is 0 Å². The molecule has 114 valence electrons. The third-order valence-corrected chi connectivity index (χ3v) is 3.30. The third kappa shape index (κ3) is 3.89. The van der Waals surface area contributed by atoms with Crippen molar-refractivity contribution in [2.24, 2.45) is 0 Å². The maximum atomic E-state index is 6.10. The fourth-order valence-corrected chi connectivity index (χ4v) is 2.30. The van der Waals surface area contributed by atoms with E-state index >= 15 is 0 Å². The molecule has 21 heavy (non-hydrogen) atoms. The molecule has 1 heterocycles. The zero-order valence-corrected chi connectivity index (χ0v) is 13.3. The first kappa shape index (κ1) is 15.7. The molecule has 1 N–H and O–H groups in total. The van der Waals surface area contributed by atoms with Crippen molar-refractivity contribution in [1.29, 1.82) is 0 Å². The summed E-state index contributed by atoms with van der Waals surface area (Å²) in [6.45, 7) is 3.98. The van der Waals surface area contributed by atoms with E-state index in [1.807, 2.05) is 37.1 Å². The topological polar surface area (TPSA) is 48.3 Å². The molecule has 6 heteroatoms. The van der Waals surface area contributed by atoms with Crippen LogP contribution in [-0.4, -0.2) is 23.9 Å². The van der Waals surface area contributed by atoms with Gasteiger partial charge in [-0.15, -0.1) is 0 Å². The summed E-state index contributed by atoms with van der Waals surface area (Å²) in [7, 11) is 3.49. The van der Waals surface area contributed by atoms with Crippen molar-refractivity contribution < 1.29 is 9.47 Å². The van der Waals surface area contributed by atoms with E-state index in [9.17, 15) is 0 Å². The van der Waals surface area contributed by atoms with Gasteiger partial charge in [-0.1, -0.05) is 11.6 Å². The predicted octanol–water partition coefficient (Wildman–Crippen LogP) is 2.86. The van der Waals surface area contributed by atoms with Crippen LogP contribution >= 0.6 is 11.6 Å².